The Bertz CT molecular complexity index is 636. The van der Waals surface area contributed by atoms with E-state index in [1.807, 2.05) is 6.92 Å². The number of nitrogens with zero attached hydrogens (tertiary/aromatic N) is 1. The van der Waals surface area contributed by atoms with Crippen molar-refractivity contribution in [2.24, 2.45) is 5.41 Å². The highest BCUT2D eigenvalue weighted by Crippen LogP contribution is 2.45. The quantitative estimate of drug-likeness (QED) is 0.760. The van der Waals surface area contributed by atoms with E-state index < -0.39 is 27.0 Å². The zero-order valence-corrected chi connectivity index (χ0v) is 15.2. The van der Waals surface area contributed by atoms with E-state index in [0.29, 0.717) is 6.54 Å². The van der Waals surface area contributed by atoms with E-state index in [-0.39, 0.29) is 24.1 Å². The summed E-state index contributed by atoms with van der Waals surface area (Å²) in [5.74, 6) is -0.419. The molecule has 3 fully saturated rings. The van der Waals surface area contributed by atoms with Gasteiger partial charge in [0.05, 0.1) is 11.3 Å². The van der Waals surface area contributed by atoms with E-state index in [1.54, 1.807) is 6.92 Å². The van der Waals surface area contributed by atoms with Gasteiger partial charge in [-0.3, -0.25) is 9.59 Å². The van der Waals surface area contributed by atoms with Gasteiger partial charge >= 0.3 is 0 Å². The molecule has 0 radical (unpaired) electrons. The van der Waals surface area contributed by atoms with Crippen LogP contribution in [0.25, 0.3) is 0 Å². The second-order valence-electron chi connectivity index (χ2n) is 7.76. The summed E-state index contributed by atoms with van der Waals surface area (Å²) >= 11 is 0. The monoisotopic (exact) mass is 357 g/mol. The number of amides is 2. The lowest BCUT2D eigenvalue weighted by molar-refractivity contribution is -0.132. The van der Waals surface area contributed by atoms with Crippen LogP contribution in [-0.4, -0.2) is 55.0 Å². The second-order valence-corrected chi connectivity index (χ2v) is 10.0. The topological polar surface area (TPSA) is 95.6 Å². The van der Waals surface area contributed by atoms with Crippen molar-refractivity contribution in [1.29, 1.82) is 0 Å². The fourth-order valence-electron chi connectivity index (χ4n) is 3.66. The Labute approximate surface area is 143 Å². The van der Waals surface area contributed by atoms with Crippen LogP contribution in [0.5, 0.6) is 0 Å². The third-order valence-electron chi connectivity index (χ3n) is 5.74. The Balaban J connectivity index is 1.84. The lowest BCUT2D eigenvalue weighted by atomic mass is 9.98. The molecule has 8 heteroatoms. The van der Waals surface area contributed by atoms with E-state index >= 15 is 0 Å². The van der Waals surface area contributed by atoms with Crippen molar-refractivity contribution in [2.75, 3.05) is 18.8 Å². The van der Waals surface area contributed by atoms with Gasteiger partial charge in [0.15, 0.2) is 0 Å². The van der Waals surface area contributed by atoms with Crippen LogP contribution >= 0.6 is 0 Å². The zero-order chi connectivity index (χ0) is 17.6. The SMILES string of the molecule is CCS(=O)(=O)N1CC(NC(=O)C2(C)CC2)C(=O)NC2(CCCC2)C1. The second kappa shape index (κ2) is 5.98. The molecule has 0 aromatic carbocycles. The molecule has 1 spiro atoms. The van der Waals surface area contributed by atoms with E-state index in [1.165, 1.54) is 4.31 Å². The summed E-state index contributed by atoms with van der Waals surface area (Å²) in [7, 11) is -3.43. The molecule has 1 saturated heterocycles. The number of sulfonamides is 1. The maximum atomic E-state index is 12.7. The fourth-order valence-corrected chi connectivity index (χ4v) is 4.85. The molecule has 1 atom stereocenters. The molecule has 136 valence electrons. The largest absolute Gasteiger partial charge is 0.348 e. The minimum atomic E-state index is -3.43. The van der Waals surface area contributed by atoms with Gasteiger partial charge in [-0.05, 0) is 32.6 Å². The summed E-state index contributed by atoms with van der Waals surface area (Å²) in [6.45, 7) is 3.80. The molecule has 0 bridgehead atoms. The summed E-state index contributed by atoms with van der Waals surface area (Å²) in [6, 6.07) is -0.823. The highest BCUT2D eigenvalue weighted by atomic mass is 32.2. The zero-order valence-electron chi connectivity index (χ0n) is 14.4. The average molecular weight is 357 g/mol. The first-order valence-electron chi connectivity index (χ1n) is 8.81. The predicted octanol–water partition coefficient (Wildman–Crippen LogP) is 0.366. The van der Waals surface area contributed by atoms with E-state index in [9.17, 15) is 18.0 Å². The van der Waals surface area contributed by atoms with Crippen LogP contribution in [0.1, 0.15) is 52.4 Å². The minimum Gasteiger partial charge on any atom is -0.348 e. The Morgan fingerprint density at radius 2 is 1.92 bits per heavy atom. The molecular weight excluding hydrogens is 330 g/mol. The molecule has 0 aromatic heterocycles. The number of carbonyl (C=O) groups excluding carboxylic acids is 2. The van der Waals surface area contributed by atoms with Crippen LogP contribution in [0.2, 0.25) is 0 Å². The minimum absolute atomic E-state index is 0.00431. The molecule has 0 aromatic rings. The molecule has 2 aliphatic carbocycles. The molecule has 3 rings (SSSR count). The van der Waals surface area contributed by atoms with Crippen molar-refractivity contribution in [2.45, 2.75) is 64.0 Å². The fraction of sp³-hybridized carbons (Fsp3) is 0.875. The number of rotatable bonds is 4. The van der Waals surface area contributed by atoms with Crippen LogP contribution in [0.4, 0.5) is 0 Å². The Morgan fingerprint density at radius 3 is 2.46 bits per heavy atom. The van der Waals surface area contributed by atoms with Gasteiger partial charge in [0.1, 0.15) is 6.04 Å². The van der Waals surface area contributed by atoms with Gasteiger partial charge < -0.3 is 10.6 Å². The highest BCUT2D eigenvalue weighted by Gasteiger charge is 2.48. The lowest BCUT2D eigenvalue weighted by Gasteiger charge is -2.32. The maximum Gasteiger partial charge on any atom is 0.244 e. The summed E-state index contributed by atoms with van der Waals surface area (Å²) in [5, 5.41) is 5.83. The summed E-state index contributed by atoms with van der Waals surface area (Å²) in [5.41, 5.74) is -0.881. The standard InChI is InChI=1S/C16H27N3O4S/c1-3-24(22,23)19-10-12(17-14(21)15(2)8-9-15)13(20)18-16(11-19)6-4-5-7-16/h12H,3-11H2,1-2H3,(H,17,21)(H,18,20). The predicted molar refractivity (Wildman–Crippen MR) is 89.6 cm³/mol. The molecule has 2 amide bonds. The number of nitrogens with one attached hydrogen (secondary N) is 2. The first-order valence-corrected chi connectivity index (χ1v) is 10.4. The van der Waals surface area contributed by atoms with E-state index in [2.05, 4.69) is 10.6 Å². The van der Waals surface area contributed by atoms with Crippen LogP contribution in [-0.2, 0) is 19.6 Å². The van der Waals surface area contributed by atoms with Gasteiger partial charge in [0.2, 0.25) is 21.8 Å². The first-order chi connectivity index (χ1) is 11.2. The van der Waals surface area contributed by atoms with Crippen molar-refractivity contribution in [3.63, 3.8) is 0 Å². The van der Waals surface area contributed by atoms with Gasteiger partial charge in [0.25, 0.3) is 0 Å². The van der Waals surface area contributed by atoms with Crippen molar-refractivity contribution >= 4 is 21.8 Å². The van der Waals surface area contributed by atoms with Crippen LogP contribution < -0.4 is 10.6 Å². The number of hydrogen-bond acceptors (Lipinski definition) is 4. The summed E-state index contributed by atoms with van der Waals surface area (Å²) in [4.78, 5) is 25.0. The normalized spacial score (nSPS) is 29.1. The van der Waals surface area contributed by atoms with Gasteiger partial charge in [-0.1, -0.05) is 19.8 Å². The number of hydrogen-bond donors (Lipinski definition) is 2. The van der Waals surface area contributed by atoms with Gasteiger partial charge in [-0.25, -0.2) is 8.42 Å². The smallest absolute Gasteiger partial charge is 0.244 e. The Kier molecular flexibility index (Phi) is 4.40. The van der Waals surface area contributed by atoms with Gasteiger partial charge in [0, 0.05) is 18.5 Å². The Hall–Kier alpha value is -1.15. The third-order valence-corrected chi connectivity index (χ3v) is 7.54. The van der Waals surface area contributed by atoms with Crippen LogP contribution in [0, 0.1) is 5.41 Å². The molecular formula is C16H27N3O4S. The molecule has 7 nitrogen and oxygen atoms in total. The Morgan fingerprint density at radius 1 is 1.29 bits per heavy atom. The summed E-state index contributed by atoms with van der Waals surface area (Å²) < 4.78 is 26.3. The maximum absolute atomic E-state index is 12.7. The molecule has 3 aliphatic rings. The van der Waals surface area contributed by atoms with Gasteiger partial charge in [-0.15, -0.1) is 0 Å². The van der Waals surface area contributed by atoms with Crippen molar-refractivity contribution in [3.8, 4) is 0 Å². The first kappa shape index (κ1) is 17.7. The van der Waals surface area contributed by atoms with Crippen molar-refractivity contribution in [3.05, 3.63) is 0 Å². The molecule has 2 N–H and O–H groups in total. The van der Waals surface area contributed by atoms with Gasteiger partial charge in [-0.2, -0.15) is 4.31 Å². The van der Waals surface area contributed by atoms with E-state index in [0.717, 1.165) is 38.5 Å². The molecule has 1 aliphatic heterocycles. The van der Waals surface area contributed by atoms with Crippen LogP contribution in [0.15, 0.2) is 0 Å². The van der Waals surface area contributed by atoms with E-state index in [4.69, 9.17) is 0 Å². The third kappa shape index (κ3) is 3.31. The average Bonchev–Trinajstić information content (AvgIpc) is 3.15. The molecule has 1 heterocycles. The molecule has 2 saturated carbocycles. The van der Waals surface area contributed by atoms with Crippen LogP contribution in [0.3, 0.4) is 0 Å². The van der Waals surface area contributed by atoms with Crippen molar-refractivity contribution < 1.29 is 18.0 Å². The van der Waals surface area contributed by atoms with Crippen molar-refractivity contribution in [1.82, 2.24) is 14.9 Å². The molecule has 24 heavy (non-hydrogen) atoms. The molecule has 1 unspecified atom stereocenters. The summed E-state index contributed by atoms with van der Waals surface area (Å²) in [6.07, 6.45) is 5.16. The highest BCUT2D eigenvalue weighted by molar-refractivity contribution is 7.89. The number of carbonyl (C=O) groups is 2. The lowest BCUT2D eigenvalue weighted by Crippen LogP contribution is -2.54.